The number of ether oxygens (including phenoxy) is 3. The van der Waals surface area contributed by atoms with Crippen molar-refractivity contribution in [1.82, 2.24) is 4.90 Å². The Kier molecular flexibility index (Phi) is 7.65. The Bertz CT molecular complexity index is 1360. The van der Waals surface area contributed by atoms with Crippen LogP contribution in [0.4, 0.5) is 4.79 Å². The van der Waals surface area contributed by atoms with Crippen LogP contribution in [0.1, 0.15) is 44.1 Å². The molecule has 4 bridgehead atoms. The largest absolute Gasteiger partial charge is 0.493 e. The molecule has 1 heterocycles. The zero-order valence-electron chi connectivity index (χ0n) is 22.0. The molecular weight excluding hydrogens is 618 g/mol. The van der Waals surface area contributed by atoms with Gasteiger partial charge >= 0.3 is 5.97 Å². The fourth-order valence-corrected chi connectivity index (χ4v) is 8.65. The highest BCUT2D eigenvalue weighted by Crippen LogP contribution is 2.60. The van der Waals surface area contributed by atoms with Crippen molar-refractivity contribution in [2.45, 2.75) is 38.5 Å². The lowest BCUT2D eigenvalue weighted by atomic mass is 9.49. The van der Waals surface area contributed by atoms with Crippen LogP contribution in [0.5, 0.6) is 17.2 Å². The minimum atomic E-state index is -0.395. The van der Waals surface area contributed by atoms with Crippen molar-refractivity contribution in [1.29, 1.82) is 0 Å². The Morgan fingerprint density at radius 3 is 2.38 bits per heavy atom. The smallest absolute Gasteiger partial charge is 0.317 e. The molecule has 0 radical (unpaired) electrons. The van der Waals surface area contributed by atoms with Crippen LogP contribution in [-0.2, 0) is 9.59 Å². The number of nitrogens with zero attached hydrogens (tertiary/aromatic N) is 1. The fourth-order valence-electron chi connectivity index (χ4n) is 7.11. The highest BCUT2D eigenvalue weighted by molar-refractivity contribution is 9.10. The average Bonchev–Trinajstić information content (AvgIpc) is 3.17. The van der Waals surface area contributed by atoms with E-state index in [0.717, 1.165) is 31.0 Å². The number of hydrogen-bond donors (Lipinski definition) is 0. The summed E-state index contributed by atoms with van der Waals surface area (Å²) in [4.78, 5) is 40.6. The van der Waals surface area contributed by atoms with E-state index in [9.17, 15) is 14.4 Å². The van der Waals surface area contributed by atoms with Gasteiger partial charge in [-0.15, -0.1) is 0 Å². The van der Waals surface area contributed by atoms with E-state index in [1.54, 1.807) is 42.5 Å². The maximum atomic E-state index is 13.5. The number of hydrogen-bond acceptors (Lipinski definition) is 7. The van der Waals surface area contributed by atoms with Gasteiger partial charge in [-0.3, -0.25) is 19.3 Å². The maximum Gasteiger partial charge on any atom is 0.317 e. The van der Waals surface area contributed by atoms with E-state index in [-0.39, 0.29) is 30.3 Å². The van der Waals surface area contributed by atoms with Gasteiger partial charge in [0.05, 0.1) is 28.4 Å². The van der Waals surface area contributed by atoms with Crippen molar-refractivity contribution in [3.63, 3.8) is 0 Å². The molecule has 0 spiro atoms. The summed E-state index contributed by atoms with van der Waals surface area (Å²) in [5, 5.41) is 0.239. The predicted octanol–water partition coefficient (Wildman–Crippen LogP) is 7.35. The zero-order chi connectivity index (χ0) is 28.0. The van der Waals surface area contributed by atoms with Crippen molar-refractivity contribution >= 4 is 62.5 Å². The normalized spacial score (nSPS) is 27.9. The second-order valence-electron chi connectivity index (χ2n) is 11.3. The van der Waals surface area contributed by atoms with E-state index in [4.69, 9.17) is 25.8 Å². The lowest BCUT2D eigenvalue weighted by molar-refractivity contribution is -0.161. The number of thioether (sulfide) groups is 1. The number of imide groups is 1. The molecule has 0 N–H and O–H groups in total. The van der Waals surface area contributed by atoms with Crippen LogP contribution in [0.15, 0.2) is 45.8 Å². The van der Waals surface area contributed by atoms with Gasteiger partial charge in [0.2, 0.25) is 0 Å². The number of benzene rings is 2. The van der Waals surface area contributed by atoms with Crippen LogP contribution in [-0.4, -0.2) is 42.3 Å². The number of carbonyl (C=O) groups excluding carboxylic acids is 3. The van der Waals surface area contributed by atoms with Gasteiger partial charge in [0.1, 0.15) is 12.4 Å². The van der Waals surface area contributed by atoms with Crippen molar-refractivity contribution in [2.24, 2.45) is 23.2 Å². The van der Waals surface area contributed by atoms with Crippen LogP contribution in [0.3, 0.4) is 0 Å². The summed E-state index contributed by atoms with van der Waals surface area (Å²) in [6, 6.07) is 10.4. The summed E-state index contributed by atoms with van der Waals surface area (Å²) in [5.74, 6) is 2.67. The molecule has 1 aliphatic heterocycles. The topological polar surface area (TPSA) is 82.1 Å². The minimum Gasteiger partial charge on any atom is -0.493 e. The number of amides is 2. The van der Waals surface area contributed by atoms with E-state index in [0.29, 0.717) is 55.0 Å². The van der Waals surface area contributed by atoms with Crippen LogP contribution < -0.4 is 14.2 Å². The summed E-state index contributed by atoms with van der Waals surface area (Å²) in [6.07, 6.45) is 8.12. The van der Waals surface area contributed by atoms with Gasteiger partial charge in [-0.1, -0.05) is 11.6 Å². The van der Waals surface area contributed by atoms with Gasteiger partial charge in [0, 0.05) is 5.02 Å². The Morgan fingerprint density at radius 1 is 1.10 bits per heavy atom. The summed E-state index contributed by atoms with van der Waals surface area (Å²) < 4.78 is 17.8. The minimum absolute atomic E-state index is 0.122. The molecule has 0 unspecified atom stereocenters. The molecule has 2 aromatic rings. The Balaban J connectivity index is 1.14. The van der Waals surface area contributed by atoms with Crippen LogP contribution in [0.2, 0.25) is 5.02 Å². The molecule has 0 atom stereocenters. The molecule has 4 aliphatic carbocycles. The number of carbonyl (C=O) groups is 3. The third kappa shape index (κ3) is 5.40. The van der Waals surface area contributed by atoms with E-state index in [2.05, 4.69) is 15.9 Å². The third-order valence-corrected chi connectivity index (χ3v) is 10.2. The molecule has 0 aromatic heterocycles. The third-order valence-electron chi connectivity index (χ3n) is 8.49. The van der Waals surface area contributed by atoms with E-state index in [1.165, 1.54) is 31.3 Å². The summed E-state index contributed by atoms with van der Waals surface area (Å²) >= 11 is 10.3. The highest BCUT2D eigenvalue weighted by Gasteiger charge is 2.55. The van der Waals surface area contributed by atoms with Gasteiger partial charge < -0.3 is 14.2 Å². The van der Waals surface area contributed by atoms with Crippen LogP contribution >= 0.6 is 39.3 Å². The monoisotopic (exact) mass is 645 g/mol. The Hall–Kier alpha value is -2.49. The molecule has 210 valence electrons. The molecule has 2 amide bonds. The van der Waals surface area contributed by atoms with Crippen molar-refractivity contribution in [2.75, 3.05) is 20.3 Å². The molecule has 10 heteroatoms. The summed E-state index contributed by atoms with van der Waals surface area (Å²) in [5.41, 5.74) is 0.245. The average molecular weight is 647 g/mol. The van der Waals surface area contributed by atoms with E-state index in [1.807, 2.05) is 0 Å². The van der Waals surface area contributed by atoms with Gasteiger partial charge in [-0.05, 0) is 132 Å². The predicted molar refractivity (Wildman–Crippen MR) is 157 cm³/mol. The van der Waals surface area contributed by atoms with Crippen molar-refractivity contribution in [3.05, 3.63) is 56.4 Å². The summed E-state index contributed by atoms with van der Waals surface area (Å²) in [7, 11) is 1.52. The molecule has 40 heavy (non-hydrogen) atoms. The van der Waals surface area contributed by atoms with Gasteiger partial charge in [-0.2, -0.15) is 0 Å². The first-order valence-electron chi connectivity index (χ1n) is 13.5. The zero-order valence-corrected chi connectivity index (χ0v) is 25.1. The highest BCUT2D eigenvalue weighted by atomic mass is 79.9. The van der Waals surface area contributed by atoms with E-state index < -0.39 is 5.41 Å². The van der Waals surface area contributed by atoms with Gasteiger partial charge in [-0.25, -0.2) is 0 Å². The number of rotatable bonds is 8. The van der Waals surface area contributed by atoms with E-state index >= 15 is 0 Å². The lowest BCUT2D eigenvalue weighted by Gasteiger charge is -2.55. The maximum absolute atomic E-state index is 13.5. The second kappa shape index (κ2) is 11.1. The van der Waals surface area contributed by atoms with Crippen molar-refractivity contribution < 1.29 is 28.6 Å². The van der Waals surface area contributed by atoms with Gasteiger partial charge in [0.25, 0.3) is 11.1 Å². The standard InChI is InChI=1S/C30H29BrClNO6S/c1-37-24-12-17(13-25-27(34)33(29(36)40-25)6-7-38-22-4-2-21(32)3-5-22)11-23(31)26(24)39-28(35)30-14-18-8-19(15-30)10-20(9-18)16-30/h2-5,11-13,18-20H,6-10,14-16H2,1H3/b25-13-. The number of halogens is 2. The molecule has 5 aliphatic rings. The first-order chi connectivity index (χ1) is 19.2. The van der Waals surface area contributed by atoms with Gasteiger partial charge in [0.15, 0.2) is 11.5 Å². The fraction of sp³-hybridized carbons (Fsp3) is 0.433. The molecular formula is C30H29BrClNO6S. The van der Waals surface area contributed by atoms with Crippen molar-refractivity contribution in [3.8, 4) is 17.2 Å². The summed E-state index contributed by atoms with van der Waals surface area (Å²) in [6.45, 7) is 0.285. The number of esters is 1. The molecule has 7 nitrogen and oxygen atoms in total. The van der Waals surface area contributed by atoms with Crippen LogP contribution in [0, 0.1) is 23.2 Å². The second-order valence-corrected chi connectivity index (χ2v) is 13.5. The molecule has 2 aromatic carbocycles. The quantitative estimate of drug-likeness (QED) is 0.169. The Labute approximate surface area is 250 Å². The Morgan fingerprint density at radius 2 is 1.75 bits per heavy atom. The van der Waals surface area contributed by atoms with Crippen LogP contribution in [0.25, 0.3) is 6.08 Å². The number of methoxy groups -OCH3 is 1. The first-order valence-corrected chi connectivity index (χ1v) is 15.5. The molecule has 1 saturated heterocycles. The first kappa shape index (κ1) is 27.7. The molecule has 4 saturated carbocycles. The molecule has 7 rings (SSSR count). The lowest BCUT2D eigenvalue weighted by Crippen LogP contribution is -2.51. The molecule has 5 fully saturated rings. The SMILES string of the molecule is COc1cc(/C=C2\SC(=O)N(CCOc3ccc(Cl)cc3)C2=O)cc(Br)c1OC(=O)C12CC3CC(CC(C3)C1)C2.